The number of aromatic nitrogens is 3. The smallest absolute Gasteiger partial charge is 0.370 e. The summed E-state index contributed by atoms with van der Waals surface area (Å²) in [6, 6.07) is 14.5. The molecule has 0 atom stereocenters. The highest BCUT2D eigenvalue weighted by atomic mass is 19.4. The Balaban J connectivity index is 0.000000202. The molecular weight excluding hydrogens is 697 g/mol. The van der Waals surface area contributed by atoms with E-state index in [1.807, 2.05) is 6.07 Å². The molecule has 5 heterocycles. The second kappa shape index (κ2) is 15.9. The largest absolute Gasteiger partial charge is 0.433 e. The second-order valence-electron chi connectivity index (χ2n) is 12.0. The van der Waals surface area contributed by atoms with Gasteiger partial charge >= 0.3 is 12.4 Å². The fraction of sp³-hybridized carbons (Fsp3) is 0.333. The minimum Gasteiger partial charge on any atom is -0.370 e. The predicted octanol–water partition coefficient (Wildman–Crippen LogP) is 7.06. The van der Waals surface area contributed by atoms with Gasteiger partial charge in [0.05, 0.1) is 35.8 Å². The first kappa shape index (κ1) is 37.8. The molecule has 272 valence electrons. The van der Waals surface area contributed by atoms with Crippen LogP contribution in [-0.4, -0.2) is 62.9 Å². The minimum absolute atomic E-state index is 0.00109. The van der Waals surface area contributed by atoms with E-state index in [4.69, 9.17) is 4.74 Å². The van der Waals surface area contributed by atoms with Crippen molar-refractivity contribution in [2.75, 3.05) is 26.3 Å². The van der Waals surface area contributed by atoms with Crippen LogP contribution in [0.5, 0.6) is 0 Å². The van der Waals surface area contributed by atoms with E-state index in [-0.39, 0.29) is 46.5 Å². The summed E-state index contributed by atoms with van der Waals surface area (Å²) >= 11 is 0. The number of aryl methyl sites for hydroxylation is 1. The molecule has 16 heteroatoms. The van der Waals surface area contributed by atoms with Gasteiger partial charge in [0.15, 0.2) is 0 Å². The number of likely N-dealkylation sites (tertiary alicyclic amines) is 1. The number of nitriles is 1. The van der Waals surface area contributed by atoms with Crippen LogP contribution >= 0.6 is 0 Å². The molecule has 0 aliphatic carbocycles. The van der Waals surface area contributed by atoms with Gasteiger partial charge in [-0.1, -0.05) is 30.3 Å². The molecule has 52 heavy (non-hydrogen) atoms. The Morgan fingerprint density at radius 3 is 2.08 bits per heavy atom. The monoisotopic (exact) mass is 728 g/mol. The van der Waals surface area contributed by atoms with Gasteiger partial charge in [-0.25, -0.2) is 14.4 Å². The number of ether oxygens (including phenoxy) is 1. The number of rotatable bonds is 7. The van der Waals surface area contributed by atoms with Crippen molar-refractivity contribution in [1.82, 2.24) is 24.8 Å². The zero-order valence-electron chi connectivity index (χ0n) is 27.7. The molecule has 1 aromatic carbocycles. The van der Waals surface area contributed by atoms with Gasteiger partial charge in [-0.3, -0.25) is 14.6 Å². The van der Waals surface area contributed by atoms with Crippen LogP contribution in [0.1, 0.15) is 52.2 Å². The first-order valence-corrected chi connectivity index (χ1v) is 16.0. The third kappa shape index (κ3) is 9.07. The number of carbonyl (C=O) groups is 2. The van der Waals surface area contributed by atoms with Crippen LogP contribution in [0.25, 0.3) is 22.5 Å². The summed E-state index contributed by atoms with van der Waals surface area (Å²) in [6.45, 7) is 2.96. The quantitative estimate of drug-likeness (QED) is 0.187. The van der Waals surface area contributed by atoms with Crippen molar-refractivity contribution in [2.45, 2.75) is 51.9 Å². The minimum atomic E-state index is -4.60. The van der Waals surface area contributed by atoms with Gasteiger partial charge in [0, 0.05) is 48.9 Å². The highest BCUT2D eigenvalue weighted by Crippen LogP contribution is 2.34. The number of alkyl halides is 7. The molecule has 2 aliphatic rings. The Kier molecular flexibility index (Phi) is 11.5. The lowest BCUT2D eigenvalue weighted by atomic mass is 10.0. The maximum atomic E-state index is 13.1. The zero-order chi connectivity index (χ0) is 37.6. The number of benzene rings is 1. The molecule has 0 spiro atoms. The second-order valence-corrected chi connectivity index (χ2v) is 12.0. The average molecular weight is 729 g/mol. The summed E-state index contributed by atoms with van der Waals surface area (Å²) < 4.78 is 95.9. The van der Waals surface area contributed by atoms with Gasteiger partial charge in [-0.2, -0.15) is 31.6 Å². The van der Waals surface area contributed by atoms with E-state index in [0.717, 1.165) is 30.2 Å². The van der Waals surface area contributed by atoms with Gasteiger partial charge in [0.2, 0.25) is 11.8 Å². The third-order valence-corrected chi connectivity index (χ3v) is 8.34. The topological polar surface area (TPSA) is 112 Å². The number of amides is 2. The van der Waals surface area contributed by atoms with Gasteiger partial charge in [-0.05, 0) is 48.7 Å². The summed E-state index contributed by atoms with van der Waals surface area (Å²) in [5.74, 6) is -0.0441. The number of halogens is 7. The molecule has 0 bridgehead atoms. The zero-order valence-corrected chi connectivity index (χ0v) is 27.7. The molecule has 0 saturated carbocycles. The van der Waals surface area contributed by atoms with Crippen LogP contribution in [0.3, 0.4) is 0 Å². The van der Waals surface area contributed by atoms with Crippen molar-refractivity contribution in [1.29, 1.82) is 5.26 Å². The van der Waals surface area contributed by atoms with Gasteiger partial charge < -0.3 is 14.5 Å². The Labute approximate surface area is 293 Å². The molecule has 2 fully saturated rings. The van der Waals surface area contributed by atoms with Crippen LogP contribution in [0, 0.1) is 18.3 Å². The van der Waals surface area contributed by atoms with Crippen molar-refractivity contribution in [3.05, 3.63) is 100 Å². The van der Waals surface area contributed by atoms with Crippen molar-refractivity contribution in [3.63, 3.8) is 0 Å². The lowest BCUT2D eigenvalue weighted by Crippen LogP contribution is -2.40. The van der Waals surface area contributed by atoms with E-state index in [0.29, 0.717) is 56.0 Å². The molecule has 2 saturated heterocycles. The molecule has 3 aromatic heterocycles. The van der Waals surface area contributed by atoms with E-state index in [9.17, 15) is 45.6 Å². The van der Waals surface area contributed by atoms with Crippen molar-refractivity contribution < 1.29 is 45.1 Å². The maximum absolute atomic E-state index is 13.1. The summed E-state index contributed by atoms with van der Waals surface area (Å²) in [7, 11) is 0. The predicted molar refractivity (Wildman–Crippen MR) is 172 cm³/mol. The highest BCUT2D eigenvalue weighted by Gasteiger charge is 2.35. The molecule has 0 N–H and O–H groups in total. The third-order valence-electron chi connectivity index (χ3n) is 8.34. The molecule has 4 aromatic rings. The SMILES string of the molecule is Cc1cc(C(F)(F)F)nc(-c2ccc(CN3CCOCC3=O)cc2)c1C#N.O=C1CCCN1Cc1ccc(-c2nc(C(F)(F)F)ccc2CF)cn1. The van der Waals surface area contributed by atoms with Crippen LogP contribution in [0.15, 0.2) is 60.8 Å². The fourth-order valence-electron chi connectivity index (χ4n) is 5.60. The number of carbonyl (C=O) groups excluding carboxylic acids is 2. The van der Waals surface area contributed by atoms with Gasteiger partial charge in [-0.15, -0.1) is 0 Å². The summed E-state index contributed by atoms with van der Waals surface area (Å²) in [4.78, 5) is 38.2. The first-order chi connectivity index (χ1) is 24.7. The Morgan fingerprint density at radius 2 is 1.50 bits per heavy atom. The fourth-order valence-corrected chi connectivity index (χ4v) is 5.60. The Morgan fingerprint density at radius 1 is 0.827 bits per heavy atom. The molecule has 6 rings (SSSR count). The van der Waals surface area contributed by atoms with E-state index < -0.39 is 30.4 Å². The van der Waals surface area contributed by atoms with Crippen LogP contribution in [-0.2, 0) is 46.4 Å². The molecule has 0 unspecified atom stereocenters. The van der Waals surface area contributed by atoms with Crippen molar-refractivity contribution in [3.8, 4) is 28.6 Å². The van der Waals surface area contributed by atoms with Crippen LogP contribution in [0.4, 0.5) is 30.7 Å². The first-order valence-electron chi connectivity index (χ1n) is 16.0. The number of hydrogen-bond acceptors (Lipinski definition) is 7. The maximum Gasteiger partial charge on any atom is 0.433 e. The highest BCUT2D eigenvalue weighted by molar-refractivity contribution is 5.78. The van der Waals surface area contributed by atoms with E-state index in [2.05, 4.69) is 15.0 Å². The standard InChI is InChI=1S/C19H16F3N3O2.C17H15F4N3O/c1-12-8-16(19(20,21)22)24-18(15(12)9-23)14-4-2-13(3-5-14)10-25-6-7-27-11-17(25)26;18-8-11-4-6-14(17(19,20)21)23-16(11)12-3-5-13(22-9-12)10-24-7-1-2-15(24)25/h2-5,8H,6-7,10-11H2,1H3;3-6,9H,1-2,7-8,10H2. The summed E-state index contributed by atoms with van der Waals surface area (Å²) in [5, 5.41) is 9.33. The van der Waals surface area contributed by atoms with Crippen LogP contribution in [0.2, 0.25) is 0 Å². The number of hydrogen-bond donors (Lipinski definition) is 0. The van der Waals surface area contributed by atoms with E-state index in [1.54, 1.807) is 46.2 Å². The molecule has 0 radical (unpaired) electrons. The average Bonchev–Trinajstić information content (AvgIpc) is 3.52. The lowest BCUT2D eigenvalue weighted by molar-refractivity contribution is -0.143. The van der Waals surface area contributed by atoms with E-state index in [1.165, 1.54) is 13.1 Å². The number of pyridine rings is 3. The van der Waals surface area contributed by atoms with Crippen molar-refractivity contribution in [2.24, 2.45) is 0 Å². The Hall–Kier alpha value is -5.43. The Bertz CT molecular complexity index is 1960. The number of nitrogens with zero attached hydrogens (tertiary/aromatic N) is 6. The van der Waals surface area contributed by atoms with Gasteiger partial charge in [0.25, 0.3) is 0 Å². The summed E-state index contributed by atoms with van der Waals surface area (Å²) in [5.41, 5.74) is 0.377. The summed E-state index contributed by atoms with van der Waals surface area (Å²) in [6.07, 6.45) is -6.51. The molecule has 2 amide bonds. The van der Waals surface area contributed by atoms with Crippen molar-refractivity contribution >= 4 is 11.8 Å². The normalized spacial score (nSPS) is 15.0. The molecule has 2 aliphatic heterocycles. The molecule has 9 nitrogen and oxygen atoms in total. The lowest BCUT2D eigenvalue weighted by Gasteiger charge is -2.26. The molecular formula is C36H31F7N6O3. The van der Waals surface area contributed by atoms with Crippen LogP contribution < -0.4 is 0 Å². The number of morpholine rings is 1. The van der Waals surface area contributed by atoms with Gasteiger partial charge in [0.1, 0.15) is 30.7 Å². The van der Waals surface area contributed by atoms with E-state index >= 15 is 0 Å².